The number of nitro benzene ring substituents is 1. The second kappa shape index (κ2) is 9.89. The minimum Gasteiger partial charge on any atom is -0.302 e. The fraction of sp³-hybridized carbons (Fsp3) is 0.136. The van der Waals surface area contributed by atoms with Gasteiger partial charge in [-0.05, 0) is 41.5 Å². The largest absolute Gasteiger partial charge is 0.302 e. The van der Waals surface area contributed by atoms with Gasteiger partial charge in [0.1, 0.15) is 0 Å². The van der Waals surface area contributed by atoms with Crippen molar-refractivity contribution in [3.05, 3.63) is 103 Å². The maximum atomic E-state index is 13.2. The van der Waals surface area contributed by atoms with Crippen LogP contribution in [0.4, 0.5) is 5.69 Å². The number of rotatable bonds is 7. The van der Waals surface area contributed by atoms with Crippen molar-refractivity contribution in [1.82, 2.24) is 10.1 Å². The monoisotopic (exact) mass is 538 g/mol. The Hall–Kier alpha value is -2.69. The highest BCUT2D eigenvalue weighted by molar-refractivity contribution is 7.89. The summed E-state index contributed by atoms with van der Waals surface area (Å²) in [6, 6.07) is 15.6. The Labute approximate surface area is 210 Å². The summed E-state index contributed by atoms with van der Waals surface area (Å²) in [5.74, 6) is 0. The Bertz CT molecular complexity index is 1380. The fourth-order valence-electron chi connectivity index (χ4n) is 3.57. The predicted molar refractivity (Wildman–Crippen MR) is 132 cm³/mol. The second-order valence-corrected chi connectivity index (χ2v) is 10.5. The van der Waals surface area contributed by atoms with Crippen LogP contribution in [0.15, 0.2) is 76.7 Å². The number of non-ortho nitro benzene ring substituents is 1. The van der Waals surface area contributed by atoms with Gasteiger partial charge in [-0.1, -0.05) is 59.1 Å². The van der Waals surface area contributed by atoms with Crippen LogP contribution in [0.2, 0.25) is 15.1 Å². The molecule has 176 valence electrons. The summed E-state index contributed by atoms with van der Waals surface area (Å²) in [5.41, 5.74) is 4.53. The van der Waals surface area contributed by atoms with Gasteiger partial charge in [0.2, 0.25) is 10.0 Å². The molecule has 2 N–H and O–H groups in total. The van der Waals surface area contributed by atoms with Crippen molar-refractivity contribution in [3.63, 3.8) is 0 Å². The molecule has 3 aromatic rings. The Kier molecular flexibility index (Phi) is 7.11. The van der Waals surface area contributed by atoms with Crippen LogP contribution < -0.4 is 10.1 Å². The lowest BCUT2D eigenvalue weighted by Gasteiger charge is -2.21. The molecule has 1 aliphatic rings. The predicted octanol–water partition coefficient (Wildman–Crippen LogP) is 5.67. The molecule has 0 radical (unpaired) electrons. The van der Waals surface area contributed by atoms with Gasteiger partial charge in [-0.2, -0.15) is 9.82 Å². The van der Waals surface area contributed by atoms with E-state index in [0.29, 0.717) is 27.7 Å². The van der Waals surface area contributed by atoms with Crippen molar-refractivity contribution in [1.29, 1.82) is 0 Å². The van der Waals surface area contributed by atoms with E-state index < -0.39 is 21.0 Å². The lowest BCUT2D eigenvalue weighted by Crippen LogP contribution is -2.33. The smallest absolute Gasteiger partial charge is 0.270 e. The molecular weight excluding hydrogens is 523 g/mol. The molecule has 12 heteroatoms. The zero-order valence-electron chi connectivity index (χ0n) is 17.3. The Morgan fingerprint density at radius 3 is 2.41 bits per heavy atom. The topological polar surface area (TPSA) is 114 Å². The highest BCUT2D eigenvalue weighted by atomic mass is 35.5. The van der Waals surface area contributed by atoms with Crippen LogP contribution in [0.25, 0.3) is 0 Å². The van der Waals surface area contributed by atoms with Crippen LogP contribution in [0.1, 0.15) is 29.6 Å². The van der Waals surface area contributed by atoms with Crippen molar-refractivity contribution < 1.29 is 13.3 Å². The highest BCUT2D eigenvalue weighted by Crippen LogP contribution is 2.34. The molecule has 1 aliphatic heterocycles. The number of benzene rings is 3. The van der Waals surface area contributed by atoms with Crippen LogP contribution in [-0.4, -0.2) is 19.1 Å². The molecule has 0 saturated heterocycles. The molecule has 4 rings (SSSR count). The number of hydrogen-bond acceptors (Lipinski definition) is 6. The van der Waals surface area contributed by atoms with E-state index in [0.717, 1.165) is 11.6 Å². The van der Waals surface area contributed by atoms with Gasteiger partial charge in [-0.15, -0.1) is 0 Å². The molecule has 0 saturated carbocycles. The molecule has 0 fully saturated rings. The van der Waals surface area contributed by atoms with E-state index in [9.17, 15) is 18.5 Å². The molecule has 0 aromatic heterocycles. The number of hydrogen-bond donors (Lipinski definition) is 2. The Balaban J connectivity index is 1.69. The van der Waals surface area contributed by atoms with Gasteiger partial charge in [-0.25, -0.2) is 8.42 Å². The van der Waals surface area contributed by atoms with E-state index in [-0.39, 0.29) is 21.6 Å². The zero-order chi connectivity index (χ0) is 24.5. The van der Waals surface area contributed by atoms with E-state index in [2.05, 4.69) is 15.2 Å². The summed E-state index contributed by atoms with van der Waals surface area (Å²) in [7, 11) is -4.19. The summed E-state index contributed by atoms with van der Waals surface area (Å²) in [4.78, 5) is 10.2. The van der Waals surface area contributed by atoms with E-state index in [1.807, 2.05) is 12.1 Å². The summed E-state index contributed by atoms with van der Waals surface area (Å²) in [5, 5.41) is 16.7. The Morgan fingerprint density at radius 1 is 1.03 bits per heavy atom. The molecule has 1 heterocycles. The van der Waals surface area contributed by atoms with Crippen molar-refractivity contribution in [2.75, 3.05) is 0 Å². The quantitative estimate of drug-likeness (QED) is 0.297. The second-order valence-electron chi connectivity index (χ2n) is 7.52. The van der Waals surface area contributed by atoms with Crippen LogP contribution in [0, 0.1) is 10.1 Å². The fourth-order valence-corrected chi connectivity index (χ4v) is 5.45. The number of sulfonamides is 1. The highest BCUT2D eigenvalue weighted by Gasteiger charge is 2.32. The molecule has 2 unspecified atom stereocenters. The molecule has 34 heavy (non-hydrogen) atoms. The number of nitrogens with one attached hydrogen (secondary N) is 2. The van der Waals surface area contributed by atoms with Crippen LogP contribution in [-0.2, 0) is 10.0 Å². The van der Waals surface area contributed by atoms with E-state index in [4.69, 9.17) is 34.8 Å². The number of nitrogens with zero attached hydrogens (tertiary/aromatic N) is 2. The van der Waals surface area contributed by atoms with Gasteiger partial charge in [0.05, 0.1) is 27.6 Å². The molecule has 0 bridgehead atoms. The third-order valence-electron chi connectivity index (χ3n) is 5.27. The minimum atomic E-state index is -4.19. The standard InChI is InChI=1S/C22H17Cl3N4O4S/c23-14-6-4-13(5-7-14)20-12-21(27-26-20)22(18-9-8-15(24)10-19(18)25)28-34(32,33)17-3-1-2-16(11-17)29(30)31/h1-11,20,22,26,28H,12H2. The molecule has 0 amide bonds. The van der Waals surface area contributed by atoms with Crippen LogP contribution in [0.3, 0.4) is 0 Å². The molecule has 0 spiro atoms. The zero-order valence-corrected chi connectivity index (χ0v) is 20.4. The first kappa shape index (κ1) is 24.4. The maximum absolute atomic E-state index is 13.2. The van der Waals surface area contributed by atoms with Crippen molar-refractivity contribution in [3.8, 4) is 0 Å². The lowest BCUT2D eigenvalue weighted by molar-refractivity contribution is -0.385. The first-order valence-electron chi connectivity index (χ1n) is 9.93. The average Bonchev–Trinajstić information content (AvgIpc) is 3.28. The molecular formula is C22H17Cl3N4O4S. The van der Waals surface area contributed by atoms with Gasteiger partial charge >= 0.3 is 0 Å². The van der Waals surface area contributed by atoms with Crippen molar-refractivity contribution in [2.45, 2.75) is 23.4 Å². The summed E-state index contributed by atoms with van der Waals surface area (Å²) < 4.78 is 29.0. The van der Waals surface area contributed by atoms with Gasteiger partial charge in [0.15, 0.2) is 0 Å². The average molecular weight is 540 g/mol. The minimum absolute atomic E-state index is 0.205. The van der Waals surface area contributed by atoms with Gasteiger partial charge in [-0.3, -0.25) is 10.1 Å². The summed E-state index contributed by atoms with van der Waals surface area (Å²) in [6.07, 6.45) is 0.378. The van der Waals surface area contributed by atoms with Crippen LogP contribution >= 0.6 is 34.8 Å². The van der Waals surface area contributed by atoms with Crippen LogP contribution in [0.5, 0.6) is 0 Å². The first-order valence-corrected chi connectivity index (χ1v) is 12.5. The summed E-state index contributed by atoms with van der Waals surface area (Å²) >= 11 is 18.4. The SMILES string of the molecule is O=[N+]([O-])c1cccc(S(=O)(=O)NC(C2=NNC(c3ccc(Cl)cc3)C2)c2ccc(Cl)cc2Cl)c1. The maximum Gasteiger partial charge on any atom is 0.270 e. The van der Waals surface area contributed by atoms with E-state index in [1.165, 1.54) is 24.3 Å². The number of hydrazone groups is 1. The lowest BCUT2D eigenvalue weighted by atomic mass is 9.96. The van der Waals surface area contributed by atoms with Gasteiger partial charge < -0.3 is 5.43 Å². The van der Waals surface area contributed by atoms with Crippen molar-refractivity contribution in [2.24, 2.45) is 5.10 Å². The first-order chi connectivity index (χ1) is 16.1. The molecule has 3 aromatic carbocycles. The number of halogens is 3. The Morgan fingerprint density at radius 2 is 1.74 bits per heavy atom. The van der Waals surface area contributed by atoms with Gasteiger partial charge in [0.25, 0.3) is 5.69 Å². The molecule has 2 atom stereocenters. The van der Waals surface area contributed by atoms with Crippen molar-refractivity contribution >= 4 is 56.2 Å². The third-order valence-corrected chi connectivity index (χ3v) is 7.50. The molecule has 8 nitrogen and oxygen atoms in total. The third kappa shape index (κ3) is 5.34. The van der Waals surface area contributed by atoms with Gasteiger partial charge in [0, 0.05) is 33.6 Å². The van der Waals surface area contributed by atoms with E-state index >= 15 is 0 Å². The molecule has 0 aliphatic carbocycles. The summed E-state index contributed by atoms with van der Waals surface area (Å²) in [6.45, 7) is 0. The normalized spacial score (nSPS) is 16.6. The number of nitro groups is 1. The van der Waals surface area contributed by atoms with E-state index in [1.54, 1.807) is 24.3 Å².